The molecule has 0 heterocycles. The summed E-state index contributed by atoms with van der Waals surface area (Å²) >= 11 is 7.03. The van der Waals surface area contributed by atoms with Crippen LogP contribution in [0.1, 0.15) is 0 Å². The molecule has 0 unspecified atom stereocenters. The molecule has 0 aliphatic heterocycles. The van der Waals surface area contributed by atoms with Crippen molar-refractivity contribution in [3.05, 3.63) is 23.2 Å². The van der Waals surface area contributed by atoms with E-state index in [-0.39, 0.29) is 17.4 Å². The summed E-state index contributed by atoms with van der Waals surface area (Å²) in [5.74, 6) is 0.451. The Morgan fingerprint density at radius 1 is 1.47 bits per heavy atom. The molecule has 3 N–H and O–H groups in total. The minimum absolute atomic E-state index is 0.0683. The minimum atomic E-state index is -2.98. The highest BCUT2D eigenvalue weighted by Crippen LogP contribution is 2.22. The van der Waals surface area contributed by atoms with E-state index < -0.39 is 9.84 Å². The van der Waals surface area contributed by atoms with Crippen LogP contribution in [0.2, 0.25) is 5.02 Å². The molecule has 19 heavy (non-hydrogen) atoms. The molecule has 1 rings (SSSR count). The Bertz CT molecular complexity index is 561. The number of nitrogen functional groups attached to an aromatic ring is 1. The van der Waals surface area contributed by atoms with Crippen LogP contribution in [-0.2, 0) is 14.6 Å². The van der Waals surface area contributed by atoms with Crippen molar-refractivity contribution in [2.24, 2.45) is 0 Å². The molecular weight excluding hydrogens is 308 g/mol. The summed E-state index contributed by atoms with van der Waals surface area (Å²) in [4.78, 5) is 11.6. The Hall–Kier alpha value is -0.920. The van der Waals surface area contributed by atoms with Crippen molar-refractivity contribution in [2.45, 2.75) is 0 Å². The number of hydrogen-bond donors (Lipinski definition) is 2. The molecule has 1 aromatic carbocycles. The molecule has 0 saturated carbocycles. The van der Waals surface area contributed by atoms with Gasteiger partial charge in [0.05, 0.1) is 22.2 Å². The van der Waals surface area contributed by atoms with Crippen molar-refractivity contribution in [1.29, 1.82) is 0 Å². The smallest absolute Gasteiger partial charge is 0.234 e. The van der Waals surface area contributed by atoms with Gasteiger partial charge in [0.2, 0.25) is 5.91 Å². The van der Waals surface area contributed by atoms with Crippen LogP contribution in [0, 0.1) is 0 Å². The summed E-state index contributed by atoms with van der Waals surface area (Å²) in [6.45, 7) is 0. The molecule has 106 valence electrons. The minimum Gasteiger partial charge on any atom is -0.397 e. The molecule has 0 atom stereocenters. The van der Waals surface area contributed by atoms with E-state index in [1.807, 2.05) is 0 Å². The molecule has 0 radical (unpaired) electrons. The lowest BCUT2D eigenvalue weighted by Crippen LogP contribution is -2.15. The molecular formula is C11H15ClN2O3S2. The van der Waals surface area contributed by atoms with Crippen molar-refractivity contribution >= 4 is 50.5 Å². The highest BCUT2D eigenvalue weighted by molar-refractivity contribution is 8.01. The first-order valence-electron chi connectivity index (χ1n) is 5.38. The molecule has 0 aliphatic carbocycles. The van der Waals surface area contributed by atoms with Crippen LogP contribution in [-0.4, -0.2) is 37.8 Å². The Labute approximate surface area is 121 Å². The van der Waals surface area contributed by atoms with Crippen molar-refractivity contribution in [3.8, 4) is 0 Å². The second kappa shape index (κ2) is 7.02. The fourth-order valence-corrected chi connectivity index (χ4v) is 3.40. The molecule has 1 amide bonds. The van der Waals surface area contributed by atoms with Crippen LogP contribution in [0.15, 0.2) is 18.2 Å². The van der Waals surface area contributed by atoms with Crippen molar-refractivity contribution in [3.63, 3.8) is 0 Å². The van der Waals surface area contributed by atoms with Crippen LogP contribution >= 0.6 is 23.4 Å². The molecule has 0 spiro atoms. The first-order chi connectivity index (χ1) is 8.78. The number of amides is 1. The van der Waals surface area contributed by atoms with Gasteiger partial charge >= 0.3 is 0 Å². The number of halogens is 1. The third kappa shape index (κ3) is 6.70. The number of carbonyl (C=O) groups is 1. The summed E-state index contributed by atoms with van der Waals surface area (Å²) in [7, 11) is -2.98. The Balaban J connectivity index is 2.37. The highest BCUT2D eigenvalue weighted by atomic mass is 35.5. The first-order valence-corrected chi connectivity index (χ1v) is 8.97. The van der Waals surface area contributed by atoms with Crippen LogP contribution in [0.25, 0.3) is 0 Å². The summed E-state index contributed by atoms with van der Waals surface area (Å²) in [6.07, 6.45) is 1.17. The van der Waals surface area contributed by atoms with E-state index in [1.54, 1.807) is 18.2 Å². The summed E-state index contributed by atoms with van der Waals surface area (Å²) in [6, 6.07) is 4.82. The summed E-state index contributed by atoms with van der Waals surface area (Å²) in [5, 5.41) is 3.09. The normalized spacial score (nSPS) is 11.3. The first kappa shape index (κ1) is 16.1. The molecule has 5 nitrogen and oxygen atoms in total. The molecule has 1 aromatic rings. The number of benzene rings is 1. The monoisotopic (exact) mass is 322 g/mol. The Morgan fingerprint density at radius 2 is 2.16 bits per heavy atom. The van der Waals surface area contributed by atoms with Gasteiger partial charge in [-0.1, -0.05) is 11.6 Å². The van der Waals surface area contributed by atoms with E-state index in [4.69, 9.17) is 17.3 Å². The topological polar surface area (TPSA) is 89.3 Å². The van der Waals surface area contributed by atoms with Gasteiger partial charge in [-0.15, -0.1) is 0 Å². The standard InChI is InChI=1S/C11H15ClN2O3S2/c1-19(16,17)5-4-18-7-11(15)14-8-2-3-9(12)10(13)6-8/h2-3,6H,4-5,7,13H2,1H3,(H,14,15). The predicted octanol–water partition coefficient (Wildman–Crippen LogP) is 1.64. The lowest BCUT2D eigenvalue weighted by Gasteiger charge is -2.06. The third-order valence-corrected chi connectivity index (χ3v) is 4.62. The SMILES string of the molecule is CS(=O)(=O)CCSCC(=O)Nc1ccc(Cl)c(N)c1. The molecule has 0 bridgehead atoms. The zero-order chi connectivity index (χ0) is 14.5. The Morgan fingerprint density at radius 3 is 2.74 bits per heavy atom. The predicted molar refractivity (Wildman–Crippen MR) is 81.5 cm³/mol. The second-order valence-corrected chi connectivity index (χ2v) is 7.74. The van der Waals surface area contributed by atoms with Crippen LogP contribution in [0.3, 0.4) is 0 Å². The molecule has 0 saturated heterocycles. The Kier molecular flexibility index (Phi) is 5.96. The van der Waals surface area contributed by atoms with Crippen LogP contribution < -0.4 is 11.1 Å². The maximum atomic E-state index is 11.6. The van der Waals surface area contributed by atoms with Crippen molar-refractivity contribution in [1.82, 2.24) is 0 Å². The van der Waals surface area contributed by atoms with E-state index in [0.29, 0.717) is 22.2 Å². The van der Waals surface area contributed by atoms with Gasteiger partial charge < -0.3 is 11.1 Å². The zero-order valence-electron chi connectivity index (χ0n) is 10.3. The van der Waals surface area contributed by atoms with Crippen molar-refractivity contribution in [2.75, 3.05) is 34.6 Å². The number of carbonyl (C=O) groups excluding carboxylic acids is 1. The highest BCUT2D eigenvalue weighted by Gasteiger charge is 2.06. The number of anilines is 2. The molecule has 0 aromatic heterocycles. The van der Waals surface area contributed by atoms with Gasteiger partial charge in [-0.05, 0) is 18.2 Å². The molecule has 0 fully saturated rings. The van der Waals surface area contributed by atoms with E-state index in [0.717, 1.165) is 0 Å². The van der Waals surface area contributed by atoms with Gasteiger partial charge in [0.15, 0.2) is 0 Å². The van der Waals surface area contributed by atoms with Crippen LogP contribution in [0.4, 0.5) is 11.4 Å². The quantitative estimate of drug-likeness (QED) is 0.614. The molecule has 0 aliphatic rings. The van der Waals surface area contributed by atoms with Gasteiger partial charge in [0.25, 0.3) is 0 Å². The van der Waals surface area contributed by atoms with Gasteiger partial charge in [0.1, 0.15) is 9.84 Å². The number of sulfone groups is 1. The van der Waals surface area contributed by atoms with E-state index in [1.165, 1.54) is 18.0 Å². The number of thioether (sulfide) groups is 1. The molecule has 8 heteroatoms. The van der Waals surface area contributed by atoms with Gasteiger partial charge in [-0.25, -0.2) is 8.42 Å². The lowest BCUT2D eigenvalue weighted by atomic mass is 10.3. The number of nitrogens with two attached hydrogens (primary N) is 1. The van der Waals surface area contributed by atoms with E-state index >= 15 is 0 Å². The van der Waals surface area contributed by atoms with Gasteiger partial charge in [0, 0.05) is 17.7 Å². The van der Waals surface area contributed by atoms with Gasteiger partial charge in [-0.3, -0.25) is 4.79 Å². The third-order valence-electron chi connectivity index (χ3n) is 2.11. The second-order valence-electron chi connectivity index (χ2n) is 3.97. The zero-order valence-corrected chi connectivity index (χ0v) is 12.7. The van der Waals surface area contributed by atoms with Gasteiger partial charge in [-0.2, -0.15) is 11.8 Å². The van der Waals surface area contributed by atoms with E-state index in [9.17, 15) is 13.2 Å². The average molecular weight is 323 g/mol. The van der Waals surface area contributed by atoms with E-state index in [2.05, 4.69) is 5.32 Å². The van der Waals surface area contributed by atoms with Crippen LogP contribution in [0.5, 0.6) is 0 Å². The number of rotatable bonds is 6. The maximum absolute atomic E-state index is 11.6. The number of nitrogens with one attached hydrogen (secondary N) is 1. The maximum Gasteiger partial charge on any atom is 0.234 e. The summed E-state index contributed by atoms with van der Waals surface area (Å²) in [5.41, 5.74) is 6.57. The van der Waals surface area contributed by atoms with Crippen molar-refractivity contribution < 1.29 is 13.2 Å². The fraction of sp³-hybridized carbons (Fsp3) is 0.364. The number of hydrogen-bond acceptors (Lipinski definition) is 5. The fourth-order valence-electron chi connectivity index (χ4n) is 1.19. The average Bonchev–Trinajstić information content (AvgIpc) is 2.28. The summed E-state index contributed by atoms with van der Waals surface area (Å²) < 4.78 is 21.8. The largest absolute Gasteiger partial charge is 0.397 e. The lowest BCUT2D eigenvalue weighted by molar-refractivity contribution is -0.113.